The third-order valence-electron chi connectivity index (χ3n) is 2.41. The summed E-state index contributed by atoms with van der Waals surface area (Å²) in [6.07, 6.45) is 0.421. The Balaban J connectivity index is 2.30. The second kappa shape index (κ2) is 4.02. The number of carbonyl (C=O) groups is 1. The predicted molar refractivity (Wildman–Crippen MR) is 58.8 cm³/mol. The Bertz CT molecular complexity index is 405. The van der Waals surface area contributed by atoms with E-state index < -0.39 is 0 Å². The Labute approximate surface area is 95.5 Å². The Morgan fingerprint density at radius 2 is 2.07 bits per heavy atom. The zero-order chi connectivity index (χ0) is 10.8. The molecule has 4 nitrogen and oxygen atoms in total. The van der Waals surface area contributed by atoms with Crippen molar-refractivity contribution < 1.29 is 10.0 Å². The first-order valence-electron chi connectivity index (χ1n) is 4.49. The molecule has 1 N–H and O–H groups in total. The van der Waals surface area contributed by atoms with Crippen molar-refractivity contribution in [3.63, 3.8) is 0 Å². The average Bonchev–Trinajstić information content (AvgIpc) is 2.57. The smallest absolute Gasteiger partial charge is 0.282 e. The van der Waals surface area contributed by atoms with E-state index in [0.29, 0.717) is 6.42 Å². The summed E-state index contributed by atoms with van der Waals surface area (Å²) in [5, 5.41) is 11.6. The van der Waals surface area contributed by atoms with E-state index in [1.807, 2.05) is 30.3 Å². The molecule has 1 aliphatic rings. The summed E-state index contributed by atoms with van der Waals surface area (Å²) in [5.74, 6) is -0.286. The molecule has 0 spiro atoms. The van der Waals surface area contributed by atoms with E-state index >= 15 is 0 Å². The van der Waals surface area contributed by atoms with Crippen molar-refractivity contribution in [3.8, 4) is 0 Å². The van der Waals surface area contributed by atoms with Gasteiger partial charge in [-0.1, -0.05) is 35.5 Å². The second-order valence-electron chi connectivity index (χ2n) is 3.29. The lowest BCUT2D eigenvalue weighted by atomic mass is 10.1. The first kappa shape index (κ1) is 10.2. The van der Waals surface area contributed by atoms with E-state index in [4.69, 9.17) is 5.21 Å². The third-order valence-corrected chi connectivity index (χ3v) is 3.22. The molecule has 2 rings (SSSR count). The van der Waals surface area contributed by atoms with Gasteiger partial charge >= 0.3 is 0 Å². The van der Waals surface area contributed by atoms with E-state index in [-0.39, 0.29) is 17.7 Å². The van der Waals surface area contributed by atoms with Crippen LogP contribution in [0.1, 0.15) is 18.0 Å². The molecule has 0 aliphatic carbocycles. The molecule has 1 aromatic carbocycles. The summed E-state index contributed by atoms with van der Waals surface area (Å²) >= 11 is 3.18. The molecule has 15 heavy (non-hydrogen) atoms. The van der Waals surface area contributed by atoms with Crippen LogP contribution in [0.15, 0.2) is 35.5 Å². The molecular formula is C10H9BrN2O2. The van der Waals surface area contributed by atoms with E-state index in [2.05, 4.69) is 21.3 Å². The van der Waals surface area contributed by atoms with Gasteiger partial charge in [0, 0.05) is 6.42 Å². The number of oxime groups is 1. The monoisotopic (exact) mass is 268 g/mol. The molecule has 0 aromatic heterocycles. The maximum Gasteiger partial charge on any atom is 0.282 e. The van der Waals surface area contributed by atoms with Crippen molar-refractivity contribution in [2.75, 3.05) is 0 Å². The van der Waals surface area contributed by atoms with Crippen molar-refractivity contribution in [1.29, 1.82) is 0 Å². The van der Waals surface area contributed by atoms with Crippen LogP contribution in [0.3, 0.4) is 0 Å². The van der Waals surface area contributed by atoms with Gasteiger partial charge in [-0.25, -0.2) is 0 Å². The molecule has 1 saturated heterocycles. The molecule has 1 aliphatic heterocycles. The highest BCUT2D eigenvalue weighted by molar-refractivity contribution is 9.07. The topological polar surface area (TPSA) is 52.9 Å². The highest BCUT2D eigenvalue weighted by Crippen LogP contribution is 2.33. The standard InChI is InChI=1S/C10H9BrN2O2/c11-13-9(6-8(12-15)10(13)14)7-4-2-1-3-5-7/h1-5,9,15H,6H2. The van der Waals surface area contributed by atoms with Crippen molar-refractivity contribution in [1.82, 2.24) is 3.93 Å². The lowest BCUT2D eigenvalue weighted by molar-refractivity contribution is -0.118. The fourth-order valence-corrected chi connectivity index (χ4v) is 2.21. The van der Waals surface area contributed by atoms with Crippen LogP contribution in [0.5, 0.6) is 0 Å². The average molecular weight is 269 g/mol. The Morgan fingerprint density at radius 3 is 2.60 bits per heavy atom. The Kier molecular flexibility index (Phi) is 2.73. The van der Waals surface area contributed by atoms with Crippen LogP contribution in [-0.2, 0) is 4.79 Å². The van der Waals surface area contributed by atoms with Crippen molar-refractivity contribution in [2.24, 2.45) is 5.16 Å². The summed E-state index contributed by atoms with van der Waals surface area (Å²) in [5.41, 5.74) is 1.20. The number of carbonyl (C=O) groups excluding carboxylic acids is 1. The van der Waals surface area contributed by atoms with Gasteiger partial charge in [-0.3, -0.25) is 8.72 Å². The molecule has 5 heteroatoms. The van der Waals surface area contributed by atoms with Crippen LogP contribution in [0.2, 0.25) is 0 Å². The predicted octanol–water partition coefficient (Wildman–Crippen LogP) is 2.10. The third kappa shape index (κ3) is 1.74. The minimum atomic E-state index is -0.286. The van der Waals surface area contributed by atoms with Crippen molar-refractivity contribution in [3.05, 3.63) is 35.9 Å². The Hall–Kier alpha value is -1.36. The fraction of sp³-hybridized carbons (Fsp3) is 0.200. The molecule has 1 fully saturated rings. The summed E-state index contributed by atoms with van der Waals surface area (Å²) in [4.78, 5) is 11.5. The summed E-state index contributed by atoms with van der Waals surface area (Å²) in [6.45, 7) is 0. The highest BCUT2D eigenvalue weighted by atomic mass is 79.9. The van der Waals surface area contributed by atoms with Gasteiger partial charge in [0.25, 0.3) is 5.91 Å². The zero-order valence-electron chi connectivity index (χ0n) is 7.80. The van der Waals surface area contributed by atoms with E-state index in [1.54, 1.807) is 0 Å². The van der Waals surface area contributed by atoms with Gasteiger partial charge in [-0.15, -0.1) is 0 Å². The number of benzene rings is 1. The van der Waals surface area contributed by atoms with Crippen LogP contribution in [-0.4, -0.2) is 20.8 Å². The van der Waals surface area contributed by atoms with Gasteiger partial charge < -0.3 is 5.21 Å². The fourth-order valence-electron chi connectivity index (χ4n) is 1.62. The van der Waals surface area contributed by atoms with Gasteiger partial charge in [-0.05, 0) is 5.56 Å². The molecule has 1 amide bonds. The maximum atomic E-state index is 11.5. The molecule has 1 aromatic rings. The maximum absolute atomic E-state index is 11.5. The summed E-state index contributed by atoms with van der Waals surface area (Å²) in [6, 6.07) is 9.52. The van der Waals surface area contributed by atoms with Crippen LogP contribution in [0.25, 0.3) is 0 Å². The van der Waals surface area contributed by atoms with Gasteiger partial charge in [0.15, 0.2) is 0 Å². The van der Waals surface area contributed by atoms with Gasteiger partial charge in [0.2, 0.25) is 0 Å². The number of rotatable bonds is 1. The SMILES string of the molecule is O=C1C(=NO)CC(c2ccccc2)N1Br. The second-order valence-corrected chi connectivity index (χ2v) is 4.06. The Morgan fingerprint density at radius 1 is 1.40 bits per heavy atom. The molecule has 1 heterocycles. The first-order chi connectivity index (χ1) is 7.24. The molecule has 0 saturated carbocycles. The van der Waals surface area contributed by atoms with Gasteiger partial charge in [-0.2, -0.15) is 0 Å². The largest absolute Gasteiger partial charge is 0.410 e. The molecular weight excluding hydrogens is 260 g/mol. The van der Waals surface area contributed by atoms with E-state index in [9.17, 15) is 4.79 Å². The number of amides is 1. The molecule has 78 valence electrons. The van der Waals surface area contributed by atoms with Crippen molar-refractivity contribution >= 4 is 27.8 Å². The number of halogens is 1. The quantitative estimate of drug-likeness (QED) is 0.482. The van der Waals surface area contributed by atoms with Crippen LogP contribution in [0, 0.1) is 0 Å². The summed E-state index contributed by atoms with van der Waals surface area (Å²) in [7, 11) is 0. The minimum absolute atomic E-state index is 0.0930. The normalized spacial score (nSPS) is 23.8. The highest BCUT2D eigenvalue weighted by Gasteiger charge is 2.36. The van der Waals surface area contributed by atoms with E-state index in [0.717, 1.165) is 5.56 Å². The molecule has 1 atom stereocenters. The lowest BCUT2D eigenvalue weighted by Crippen LogP contribution is -2.19. The minimum Gasteiger partial charge on any atom is -0.410 e. The molecule has 0 radical (unpaired) electrons. The van der Waals surface area contributed by atoms with E-state index in [1.165, 1.54) is 3.93 Å². The number of hydrogen-bond donors (Lipinski definition) is 1. The van der Waals surface area contributed by atoms with Crippen molar-refractivity contribution in [2.45, 2.75) is 12.5 Å². The van der Waals surface area contributed by atoms with Gasteiger partial charge in [0.1, 0.15) is 5.71 Å². The van der Waals surface area contributed by atoms with Crippen LogP contribution in [0.4, 0.5) is 0 Å². The zero-order valence-corrected chi connectivity index (χ0v) is 9.39. The van der Waals surface area contributed by atoms with Crippen LogP contribution >= 0.6 is 16.1 Å². The molecule has 0 bridgehead atoms. The summed E-state index contributed by atoms with van der Waals surface area (Å²) < 4.78 is 1.41. The number of nitrogens with zero attached hydrogens (tertiary/aromatic N) is 2. The van der Waals surface area contributed by atoms with Gasteiger partial charge in [0.05, 0.1) is 22.2 Å². The number of hydrogen-bond acceptors (Lipinski definition) is 3. The first-order valence-corrected chi connectivity index (χ1v) is 5.20. The van der Waals surface area contributed by atoms with Crippen LogP contribution < -0.4 is 0 Å². The lowest BCUT2D eigenvalue weighted by Gasteiger charge is -2.16. The molecule has 1 unspecified atom stereocenters.